The molecule has 5 rings (SSSR count). The van der Waals surface area contributed by atoms with Crippen molar-refractivity contribution in [2.24, 2.45) is 11.8 Å². The van der Waals surface area contributed by atoms with E-state index in [0.29, 0.717) is 24.7 Å². The van der Waals surface area contributed by atoms with Crippen molar-refractivity contribution >= 4 is 5.91 Å². The molecule has 5 heteroatoms. The van der Waals surface area contributed by atoms with Crippen LogP contribution in [-0.4, -0.2) is 23.3 Å². The number of amides is 1. The van der Waals surface area contributed by atoms with Crippen LogP contribution in [0.1, 0.15) is 54.7 Å². The molecule has 5 nitrogen and oxygen atoms in total. The molecule has 1 aliphatic heterocycles. The summed E-state index contributed by atoms with van der Waals surface area (Å²) in [4.78, 5) is 13.1. The molecule has 2 aliphatic carbocycles. The first-order chi connectivity index (χ1) is 15.7. The van der Waals surface area contributed by atoms with Crippen molar-refractivity contribution in [3.05, 3.63) is 83.1 Å². The van der Waals surface area contributed by atoms with Gasteiger partial charge in [-0.15, -0.1) is 0 Å². The Hall–Kier alpha value is -2.63. The van der Waals surface area contributed by atoms with Crippen LogP contribution >= 0.6 is 0 Å². The zero-order valence-electron chi connectivity index (χ0n) is 18.3. The van der Waals surface area contributed by atoms with E-state index < -0.39 is 6.29 Å². The molecule has 2 saturated carbocycles. The predicted octanol–water partition coefficient (Wildman–Crippen LogP) is 4.41. The highest BCUT2D eigenvalue weighted by Crippen LogP contribution is 2.44. The number of aliphatic hydroxyl groups is 1. The fourth-order valence-corrected chi connectivity index (χ4v) is 5.44. The standard InChI is InChI=1S/C27H31NO4/c29-16-18-6-8-19(9-7-18)17-31-26-15-23(21-4-2-1-3-5-21)14-25(32-26)27(30)28-24-13-20-10-11-22(24)12-20/h1-9,14,20,22-24,26,29H,10-13,15-17H2,(H,28,30)/t20?,22?,23-,24?,26+/m0/s1. The second-order valence-corrected chi connectivity index (χ2v) is 9.37. The molecule has 1 heterocycles. The van der Waals surface area contributed by atoms with Crippen molar-refractivity contribution in [2.75, 3.05) is 0 Å². The molecular weight excluding hydrogens is 402 g/mol. The van der Waals surface area contributed by atoms with Crippen LogP contribution < -0.4 is 5.32 Å². The zero-order chi connectivity index (χ0) is 21.9. The number of carbonyl (C=O) groups excluding carboxylic acids is 1. The first-order valence-corrected chi connectivity index (χ1v) is 11.7. The average molecular weight is 434 g/mol. The molecule has 1 amide bonds. The molecule has 3 unspecified atom stereocenters. The maximum atomic E-state index is 13.1. The first kappa shape index (κ1) is 21.2. The summed E-state index contributed by atoms with van der Waals surface area (Å²) in [6.07, 6.45) is 6.99. The van der Waals surface area contributed by atoms with Crippen LogP contribution in [0.5, 0.6) is 0 Å². The number of nitrogens with one attached hydrogen (secondary N) is 1. The quantitative estimate of drug-likeness (QED) is 0.679. The summed E-state index contributed by atoms with van der Waals surface area (Å²) in [5.41, 5.74) is 3.03. The number of carbonyl (C=O) groups is 1. The van der Waals surface area contributed by atoms with E-state index in [1.807, 2.05) is 48.5 Å². The molecule has 3 aliphatic rings. The largest absolute Gasteiger partial charge is 0.459 e. The average Bonchev–Trinajstić information content (AvgIpc) is 3.47. The smallest absolute Gasteiger partial charge is 0.286 e. The maximum Gasteiger partial charge on any atom is 0.286 e. The zero-order valence-corrected chi connectivity index (χ0v) is 18.3. The van der Waals surface area contributed by atoms with Crippen LogP contribution in [0.25, 0.3) is 0 Å². The van der Waals surface area contributed by atoms with Crippen LogP contribution in [0, 0.1) is 11.8 Å². The number of hydrogen-bond acceptors (Lipinski definition) is 4. The second-order valence-electron chi connectivity index (χ2n) is 9.37. The van der Waals surface area contributed by atoms with Gasteiger partial charge in [-0.25, -0.2) is 0 Å². The van der Waals surface area contributed by atoms with Gasteiger partial charge in [0.05, 0.1) is 13.2 Å². The Balaban J connectivity index is 1.28. The van der Waals surface area contributed by atoms with E-state index in [9.17, 15) is 9.90 Å². The summed E-state index contributed by atoms with van der Waals surface area (Å²) >= 11 is 0. The number of aliphatic hydroxyl groups excluding tert-OH is 1. The van der Waals surface area contributed by atoms with Crippen LogP contribution in [0.4, 0.5) is 0 Å². The summed E-state index contributed by atoms with van der Waals surface area (Å²) in [6, 6.07) is 18.2. The molecule has 2 fully saturated rings. The molecule has 5 atom stereocenters. The van der Waals surface area contributed by atoms with Crippen molar-refractivity contribution in [1.29, 1.82) is 0 Å². The first-order valence-electron chi connectivity index (χ1n) is 11.7. The van der Waals surface area contributed by atoms with Crippen LogP contribution in [0.15, 0.2) is 66.4 Å². The lowest BCUT2D eigenvalue weighted by Gasteiger charge is -2.30. The molecule has 168 valence electrons. The summed E-state index contributed by atoms with van der Waals surface area (Å²) in [7, 11) is 0. The summed E-state index contributed by atoms with van der Waals surface area (Å²) in [6.45, 7) is 0.413. The minimum absolute atomic E-state index is 0.0253. The highest BCUT2D eigenvalue weighted by molar-refractivity contribution is 5.92. The van der Waals surface area contributed by atoms with Gasteiger partial charge in [0.25, 0.3) is 5.91 Å². The molecule has 2 aromatic rings. The van der Waals surface area contributed by atoms with Crippen molar-refractivity contribution < 1.29 is 19.4 Å². The van der Waals surface area contributed by atoms with Crippen molar-refractivity contribution in [3.63, 3.8) is 0 Å². The van der Waals surface area contributed by atoms with Crippen LogP contribution in [0.2, 0.25) is 0 Å². The molecule has 2 N–H and O–H groups in total. The van der Waals surface area contributed by atoms with Gasteiger partial charge in [-0.05, 0) is 53.9 Å². The maximum absolute atomic E-state index is 13.1. The molecule has 0 radical (unpaired) electrons. The number of hydrogen-bond donors (Lipinski definition) is 2. The molecule has 0 saturated heterocycles. The summed E-state index contributed by atoms with van der Waals surface area (Å²) in [5.74, 6) is 1.70. The monoisotopic (exact) mass is 433 g/mol. The highest BCUT2D eigenvalue weighted by Gasteiger charge is 2.41. The summed E-state index contributed by atoms with van der Waals surface area (Å²) < 4.78 is 12.1. The normalized spacial score (nSPS) is 28.8. The van der Waals surface area contributed by atoms with Gasteiger partial charge in [-0.3, -0.25) is 4.79 Å². The van der Waals surface area contributed by atoms with E-state index in [1.54, 1.807) is 0 Å². The van der Waals surface area contributed by atoms with E-state index in [0.717, 1.165) is 29.0 Å². The Bertz CT molecular complexity index is 955. The number of ether oxygens (including phenoxy) is 2. The minimum atomic E-state index is -0.497. The van der Waals surface area contributed by atoms with E-state index in [4.69, 9.17) is 9.47 Å². The Morgan fingerprint density at radius 1 is 1.00 bits per heavy atom. The predicted molar refractivity (Wildman–Crippen MR) is 121 cm³/mol. The van der Waals surface area contributed by atoms with E-state index >= 15 is 0 Å². The third kappa shape index (κ3) is 4.74. The lowest BCUT2D eigenvalue weighted by Crippen LogP contribution is -2.41. The van der Waals surface area contributed by atoms with Gasteiger partial charge in [-0.2, -0.15) is 0 Å². The molecule has 32 heavy (non-hydrogen) atoms. The SMILES string of the molecule is O=C(NC1CC2CCC1C2)C1=C[C@H](c2ccccc2)C[C@H](OCc2ccc(CO)cc2)O1. The minimum Gasteiger partial charge on any atom is -0.459 e. The van der Waals surface area contributed by atoms with Crippen molar-refractivity contribution in [3.8, 4) is 0 Å². The number of rotatable bonds is 7. The third-order valence-corrected chi connectivity index (χ3v) is 7.20. The topological polar surface area (TPSA) is 67.8 Å². The van der Waals surface area contributed by atoms with Gasteiger partial charge in [-0.1, -0.05) is 61.0 Å². The molecule has 0 spiro atoms. The van der Waals surface area contributed by atoms with E-state index in [2.05, 4.69) is 17.4 Å². The molecular formula is C27H31NO4. The van der Waals surface area contributed by atoms with Crippen LogP contribution in [-0.2, 0) is 27.5 Å². The lowest BCUT2D eigenvalue weighted by molar-refractivity contribution is -0.150. The number of allylic oxidation sites excluding steroid dienone is 1. The highest BCUT2D eigenvalue weighted by atomic mass is 16.7. The molecule has 2 bridgehead atoms. The van der Waals surface area contributed by atoms with Crippen molar-refractivity contribution in [2.45, 2.75) is 63.6 Å². The Morgan fingerprint density at radius 3 is 2.47 bits per heavy atom. The Kier molecular flexibility index (Phi) is 6.28. The fourth-order valence-electron chi connectivity index (χ4n) is 5.44. The number of fused-ring (bicyclic) bond motifs is 2. The molecule has 2 aromatic carbocycles. The second kappa shape index (κ2) is 9.47. The van der Waals surface area contributed by atoms with Gasteiger partial charge < -0.3 is 19.9 Å². The van der Waals surface area contributed by atoms with Crippen LogP contribution in [0.3, 0.4) is 0 Å². The number of benzene rings is 2. The third-order valence-electron chi connectivity index (χ3n) is 7.20. The Morgan fingerprint density at radius 2 is 1.78 bits per heavy atom. The van der Waals surface area contributed by atoms with E-state index in [-0.39, 0.29) is 24.5 Å². The van der Waals surface area contributed by atoms with Gasteiger partial charge in [0.2, 0.25) is 6.29 Å². The fraction of sp³-hybridized carbons (Fsp3) is 0.444. The summed E-state index contributed by atoms with van der Waals surface area (Å²) in [5, 5.41) is 12.5. The van der Waals surface area contributed by atoms with Gasteiger partial charge in [0.1, 0.15) is 0 Å². The Labute approximate surface area is 189 Å². The van der Waals surface area contributed by atoms with E-state index in [1.165, 1.54) is 19.3 Å². The lowest BCUT2D eigenvalue weighted by atomic mass is 9.92. The van der Waals surface area contributed by atoms with Gasteiger partial charge in [0, 0.05) is 18.4 Å². The van der Waals surface area contributed by atoms with Crippen molar-refractivity contribution in [1.82, 2.24) is 5.32 Å². The van der Waals surface area contributed by atoms with Gasteiger partial charge >= 0.3 is 0 Å². The van der Waals surface area contributed by atoms with Gasteiger partial charge in [0.15, 0.2) is 5.76 Å². The molecule has 0 aromatic heterocycles.